The maximum Gasteiger partial charge on any atom is 0.306 e. The number of carbonyl (C=O) groups is 2. The van der Waals surface area contributed by atoms with E-state index in [9.17, 15) is 14.9 Å². The Morgan fingerprint density at radius 1 is 1.21 bits per heavy atom. The fourth-order valence-electron chi connectivity index (χ4n) is 3.03. The van der Waals surface area contributed by atoms with Crippen molar-refractivity contribution in [2.24, 2.45) is 0 Å². The molecule has 0 saturated carbocycles. The van der Waals surface area contributed by atoms with Crippen molar-refractivity contribution in [1.29, 1.82) is 5.26 Å². The quantitative estimate of drug-likeness (QED) is 0.597. The Kier molecular flexibility index (Phi) is 6.47. The summed E-state index contributed by atoms with van der Waals surface area (Å²) < 4.78 is 6.91. The van der Waals surface area contributed by atoms with E-state index < -0.39 is 18.5 Å². The highest BCUT2D eigenvalue weighted by atomic mass is 32.1. The van der Waals surface area contributed by atoms with Crippen LogP contribution in [-0.4, -0.2) is 23.1 Å². The number of aromatic nitrogens is 1. The van der Waals surface area contributed by atoms with Crippen molar-refractivity contribution >= 4 is 29.0 Å². The zero-order valence-electron chi connectivity index (χ0n) is 16.3. The van der Waals surface area contributed by atoms with Crippen LogP contribution < -0.4 is 5.32 Å². The Morgan fingerprint density at radius 2 is 1.97 bits per heavy atom. The molecule has 29 heavy (non-hydrogen) atoms. The van der Waals surface area contributed by atoms with Gasteiger partial charge in [0.25, 0.3) is 5.91 Å². The molecule has 3 aromatic rings. The summed E-state index contributed by atoms with van der Waals surface area (Å²) in [5, 5.41) is 16.2. The normalized spacial score (nSPS) is 10.4. The van der Waals surface area contributed by atoms with Crippen LogP contribution in [0, 0.1) is 25.2 Å². The molecule has 1 aromatic carbocycles. The highest BCUT2D eigenvalue weighted by Gasteiger charge is 2.21. The van der Waals surface area contributed by atoms with Crippen molar-refractivity contribution in [2.75, 3.05) is 11.9 Å². The van der Waals surface area contributed by atoms with Crippen LogP contribution in [0.1, 0.15) is 28.8 Å². The van der Waals surface area contributed by atoms with Gasteiger partial charge in [-0.05, 0) is 60.4 Å². The monoisotopic (exact) mass is 407 g/mol. The first-order chi connectivity index (χ1) is 14.0. The van der Waals surface area contributed by atoms with Gasteiger partial charge in [0.15, 0.2) is 6.61 Å². The first kappa shape index (κ1) is 20.4. The van der Waals surface area contributed by atoms with E-state index in [4.69, 9.17) is 4.74 Å². The molecule has 3 rings (SSSR count). The Labute approximate surface area is 173 Å². The highest BCUT2D eigenvalue weighted by molar-refractivity contribution is 7.07. The van der Waals surface area contributed by atoms with Gasteiger partial charge in [-0.15, -0.1) is 0 Å². The van der Waals surface area contributed by atoms with Gasteiger partial charge in [0, 0.05) is 17.8 Å². The molecule has 1 amide bonds. The van der Waals surface area contributed by atoms with Crippen LogP contribution >= 0.6 is 11.3 Å². The Morgan fingerprint density at radius 3 is 2.62 bits per heavy atom. The predicted molar refractivity (Wildman–Crippen MR) is 112 cm³/mol. The molecular formula is C22H21N3O3S. The fraction of sp³-hybridized carbons (Fsp3) is 0.227. The maximum absolute atomic E-state index is 12.4. The number of hydrogen-bond acceptors (Lipinski definition) is 5. The first-order valence-electron chi connectivity index (χ1n) is 9.15. The molecule has 0 fully saturated rings. The third-order valence-corrected chi connectivity index (χ3v) is 5.39. The molecule has 7 heteroatoms. The van der Waals surface area contributed by atoms with E-state index in [1.165, 1.54) is 0 Å². The summed E-state index contributed by atoms with van der Waals surface area (Å²) in [5.74, 6) is -0.536. The van der Waals surface area contributed by atoms with E-state index in [1.54, 1.807) is 11.3 Å². The number of ether oxygens (including phenoxy) is 1. The number of benzene rings is 1. The van der Waals surface area contributed by atoms with Gasteiger partial charge in [-0.25, -0.2) is 0 Å². The second-order valence-electron chi connectivity index (χ2n) is 6.56. The van der Waals surface area contributed by atoms with Crippen molar-refractivity contribution in [1.82, 2.24) is 4.57 Å². The van der Waals surface area contributed by atoms with E-state index in [2.05, 4.69) is 11.4 Å². The number of rotatable bonds is 7. The number of aryl methyl sites for hydroxylation is 1. The number of para-hydroxylation sites is 1. The van der Waals surface area contributed by atoms with E-state index in [0.29, 0.717) is 17.8 Å². The number of carbonyl (C=O) groups excluding carboxylic acids is 2. The molecule has 0 atom stereocenters. The van der Waals surface area contributed by atoms with Gasteiger partial charge in [0.1, 0.15) is 11.9 Å². The standard InChI is InChI=1S/C22H21N3O3S/c1-15-16(2)25(18-6-4-3-5-7-18)22(19(15)12-23)24-20(26)13-28-21(27)9-8-17-10-11-29-14-17/h3-7,10-11,14H,8-9,13H2,1-2H3,(H,24,26). The predicted octanol–water partition coefficient (Wildman–Crippen LogP) is 4.14. The molecule has 0 aliphatic heterocycles. The highest BCUT2D eigenvalue weighted by Crippen LogP contribution is 2.29. The molecule has 0 radical (unpaired) electrons. The van der Waals surface area contributed by atoms with Crippen LogP contribution in [0.15, 0.2) is 47.2 Å². The molecule has 0 spiro atoms. The van der Waals surface area contributed by atoms with E-state index >= 15 is 0 Å². The van der Waals surface area contributed by atoms with Gasteiger partial charge in [-0.3, -0.25) is 14.2 Å². The van der Waals surface area contributed by atoms with E-state index in [1.807, 2.05) is 65.6 Å². The average Bonchev–Trinajstić information content (AvgIpc) is 3.32. The minimum atomic E-state index is -0.486. The van der Waals surface area contributed by atoms with Crippen molar-refractivity contribution in [3.05, 3.63) is 69.5 Å². The third-order valence-electron chi connectivity index (χ3n) is 4.66. The van der Waals surface area contributed by atoms with Crippen molar-refractivity contribution < 1.29 is 14.3 Å². The van der Waals surface area contributed by atoms with Gasteiger partial charge in [0.2, 0.25) is 0 Å². The Hall–Kier alpha value is -3.37. The van der Waals surface area contributed by atoms with Crippen LogP contribution in [0.4, 0.5) is 5.82 Å². The lowest BCUT2D eigenvalue weighted by molar-refractivity contribution is -0.147. The summed E-state index contributed by atoms with van der Waals surface area (Å²) in [6.45, 7) is 3.34. The lowest BCUT2D eigenvalue weighted by Gasteiger charge is -2.13. The third kappa shape index (κ3) is 4.73. The number of nitrogens with zero attached hydrogens (tertiary/aromatic N) is 2. The van der Waals surface area contributed by atoms with Gasteiger partial charge in [-0.2, -0.15) is 16.6 Å². The molecule has 0 unspecified atom stereocenters. The van der Waals surface area contributed by atoms with Crippen LogP contribution in [-0.2, 0) is 20.7 Å². The number of esters is 1. The molecule has 148 valence electrons. The minimum Gasteiger partial charge on any atom is -0.456 e. The second-order valence-corrected chi connectivity index (χ2v) is 7.34. The molecule has 0 aliphatic rings. The summed E-state index contributed by atoms with van der Waals surface area (Å²) in [6.07, 6.45) is 0.795. The molecule has 0 aliphatic carbocycles. The lowest BCUT2D eigenvalue weighted by atomic mass is 10.2. The fourth-order valence-corrected chi connectivity index (χ4v) is 3.73. The molecule has 0 saturated heterocycles. The van der Waals surface area contributed by atoms with Gasteiger partial charge in [0.05, 0.1) is 5.56 Å². The van der Waals surface area contributed by atoms with Crippen LogP contribution in [0.5, 0.6) is 0 Å². The lowest BCUT2D eigenvalue weighted by Crippen LogP contribution is -2.23. The SMILES string of the molecule is Cc1c(C#N)c(NC(=O)COC(=O)CCc2ccsc2)n(-c2ccccc2)c1C. The number of nitriles is 1. The zero-order valence-corrected chi connectivity index (χ0v) is 17.1. The Bertz CT molecular complexity index is 1050. The summed E-state index contributed by atoms with van der Waals surface area (Å²) in [6, 6.07) is 13.6. The largest absolute Gasteiger partial charge is 0.456 e. The smallest absolute Gasteiger partial charge is 0.306 e. The van der Waals surface area contributed by atoms with Gasteiger partial charge >= 0.3 is 5.97 Å². The van der Waals surface area contributed by atoms with E-state index in [0.717, 1.165) is 22.5 Å². The van der Waals surface area contributed by atoms with Crippen LogP contribution in [0.3, 0.4) is 0 Å². The van der Waals surface area contributed by atoms with Crippen LogP contribution in [0.2, 0.25) is 0 Å². The molecule has 0 bridgehead atoms. The number of thiophene rings is 1. The second kappa shape index (κ2) is 9.22. The van der Waals surface area contributed by atoms with Gasteiger partial charge in [-0.1, -0.05) is 18.2 Å². The number of amides is 1. The number of anilines is 1. The topological polar surface area (TPSA) is 84.1 Å². The Balaban J connectivity index is 1.69. The summed E-state index contributed by atoms with van der Waals surface area (Å²) in [7, 11) is 0. The maximum atomic E-state index is 12.4. The molecule has 2 heterocycles. The first-order valence-corrected chi connectivity index (χ1v) is 10.1. The summed E-state index contributed by atoms with van der Waals surface area (Å²) in [5.41, 5.74) is 3.94. The molecular weight excluding hydrogens is 386 g/mol. The zero-order chi connectivity index (χ0) is 20.8. The summed E-state index contributed by atoms with van der Waals surface area (Å²) in [4.78, 5) is 24.3. The van der Waals surface area contributed by atoms with Crippen molar-refractivity contribution in [3.8, 4) is 11.8 Å². The number of hydrogen-bond donors (Lipinski definition) is 1. The minimum absolute atomic E-state index is 0.214. The molecule has 1 N–H and O–H groups in total. The molecule has 6 nitrogen and oxygen atoms in total. The molecule has 2 aromatic heterocycles. The van der Waals surface area contributed by atoms with Crippen molar-refractivity contribution in [2.45, 2.75) is 26.7 Å². The van der Waals surface area contributed by atoms with Gasteiger partial charge < -0.3 is 10.1 Å². The van der Waals surface area contributed by atoms with Crippen molar-refractivity contribution in [3.63, 3.8) is 0 Å². The number of nitrogens with one attached hydrogen (secondary N) is 1. The van der Waals surface area contributed by atoms with E-state index in [-0.39, 0.29) is 6.42 Å². The average molecular weight is 407 g/mol. The van der Waals surface area contributed by atoms with Crippen LogP contribution in [0.25, 0.3) is 5.69 Å². The summed E-state index contributed by atoms with van der Waals surface area (Å²) >= 11 is 1.57.